The summed E-state index contributed by atoms with van der Waals surface area (Å²) in [5.74, 6) is -0.396. The lowest BCUT2D eigenvalue weighted by molar-refractivity contribution is -0.121. The van der Waals surface area contributed by atoms with Crippen molar-refractivity contribution < 1.29 is 13.2 Å². The molecule has 31 heavy (non-hydrogen) atoms. The van der Waals surface area contributed by atoms with E-state index in [2.05, 4.69) is 5.32 Å². The molecule has 0 bridgehead atoms. The molecule has 1 atom stereocenters. The molecule has 0 aliphatic heterocycles. The molecule has 0 aliphatic rings. The fraction of sp³-hybridized carbons (Fsp3) is 0.208. The number of sulfonamides is 1. The zero-order valence-electron chi connectivity index (χ0n) is 17.5. The number of aryl methyl sites for hydroxylation is 1. The van der Waals surface area contributed by atoms with Crippen LogP contribution in [0.5, 0.6) is 0 Å². The first-order valence-corrected chi connectivity index (χ1v) is 12.1. The number of nitrogens with zero attached hydrogens (tertiary/aromatic N) is 1. The van der Waals surface area contributed by atoms with Crippen molar-refractivity contribution in [2.24, 2.45) is 0 Å². The summed E-state index contributed by atoms with van der Waals surface area (Å²) >= 11 is 6.19. The number of nitrogens with one attached hydrogen (secondary N) is 1. The van der Waals surface area contributed by atoms with E-state index in [1.54, 1.807) is 24.3 Å². The van der Waals surface area contributed by atoms with Crippen molar-refractivity contribution in [1.29, 1.82) is 0 Å². The van der Waals surface area contributed by atoms with Gasteiger partial charge in [-0.15, -0.1) is 0 Å². The summed E-state index contributed by atoms with van der Waals surface area (Å²) in [4.78, 5) is 12.9. The Labute approximate surface area is 188 Å². The summed E-state index contributed by atoms with van der Waals surface area (Å²) in [6.45, 7) is 1.71. The van der Waals surface area contributed by atoms with E-state index in [1.807, 2.05) is 61.5 Å². The van der Waals surface area contributed by atoms with Crippen molar-refractivity contribution in [2.75, 3.05) is 12.8 Å². The van der Waals surface area contributed by atoms with Gasteiger partial charge in [0.05, 0.1) is 18.8 Å². The van der Waals surface area contributed by atoms with E-state index in [0.717, 1.165) is 27.3 Å². The lowest BCUT2D eigenvalue weighted by Crippen LogP contribution is -2.41. The van der Waals surface area contributed by atoms with Gasteiger partial charge in [0.15, 0.2) is 0 Å². The highest BCUT2D eigenvalue weighted by Crippen LogP contribution is 2.23. The third-order valence-corrected chi connectivity index (χ3v) is 6.51. The predicted molar refractivity (Wildman–Crippen MR) is 124 cm³/mol. The molecule has 1 amide bonds. The number of hydrogen-bond acceptors (Lipinski definition) is 3. The highest BCUT2D eigenvalue weighted by Gasteiger charge is 2.24. The van der Waals surface area contributed by atoms with E-state index >= 15 is 0 Å². The van der Waals surface area contributed by atoms with E-state index in [9.17, 15) is 13.2 Å². The number of benzene rings is 3. The molecule has 0 heterocycles. The van der Waals surface area contributed by atoms with Gasteiger partial charge in [-0.3, -0.25) is 4.79 Å². The minimum absolute atomic E-state index is 0.0203. The Bertz CT molecular complexity index is 1130. The number of amides is 1. The van der Waals surface area contributed by atoms with Crippen molar-refractivity contribution in [3.8, 4) is 0 Å². The van der Waals surface area contributed by atoms with Crippen LogP contribution in [0.1, 0.15) is 28.3 Å². The second kappa shape index (κ2) is 10.1. The van der Waals surface area contributed by atoms with Crippen LogP contribution in [-0.2, 0) is 21.4 Å². The van der Waals surface area contributed by atoms with Gasteiger partial charge in [-0.2, -0.15) is 4.31 Å². The summed E-state index contributed by atoms with van der Waals surface area (Å²) in [6, 6.07) is 24.1. The van der Waals surface area contributed by atoms with Crippen LogP contribution in [0, 0.1) is 6.92 Å². The molecular weight excluding hydrogens is 432 g/mol. The SMILES string of the molecule is Cc1ccc(C(NC(=O)CN(Cc2ccccc2Cl)S(C)(=O)=O)c2ccccc2)cc1. The topological polar surface area (TPSA) is 66.5 Å². The second-order valence-electron chi connectivity index (χ2n) is 7.44. The Morgan fingerprint density at radius 1 is 0.935 bits per heavy atom. The van der Waals surface area contributed by atoms with Crippen LogP contribution in [0.4, 0.5) is 0 Å². The van der Waals surface area contributed by atoms with Crippen LogP contribution in [-0.4, -0.2) is 31.4 Å². The number of rotatable bonds is 8. The number of hydrogen-bond donors (Lipinski definition) is 1. The van der Waals surface area contributed by atoms with Gasteiger partial charge in [-0.25, -0.2) is 8.42 Å². The lowest BCUT2D eigenvalue weighted by atomic mass is 9.98. The van der Waals surface area contributed by atoms with Gasteiger partial charge < -0.3 is 5.32 Å². The standard InChI is InChI=1S/C24H25ClN2O3S/c1-18-12-14-20(15-13-18)24(19-8-4-3-5-9-19)26-23(28)17-27(31(2,29)30)16-21-10-6-7-11-22(21)25/h3-15,24H,16-17H2,1-2H3,(H,26,28). The van der Waals surface area contributed by atoms with Crippen LogP contribution < -0.4 is 5.32 Å². The molecule has 7 heteroatoms. The number of halogens is 1. The molecule has 1 N–H and O–H groups in total. The van der Waals surface area contributed by atoms with Crippen LogP contribution in [0.25, 0.3) is 0 Å². The van der Waals surface area contributed by atoms with Gasteiger partial charge in [0.25, 0.3) is 0 Å². The summed E-state index contributed by atoms with van der Waals surface area (Å²) in [6.07, 6.45) is 1.09. The monoisotopic (exact) mass is 456 g/mol. The van der Waals surface area contributed by atoms with Crippen molar-refractivity contribution in [3.63, 3.8) is 0 Å². The molecule has 0 aromatic heterocycles. The molecule has 0 fully saturated rings. The Balaban J connectivity index is 1.83. The first-order valence-electron chi connectivity index (χ1n) is 9.83. The van der Waals surface area contributed by atoms with E-state index in [-0.39, 0.29) is 13.1 Å². The Hall–Kier alpha value is -2.67. The average molecular weight is 457 g/mol. The highest BCUT2D eigenvalue weighted by molar-refractivity contribution is 7.88. The molecule has 3 aromatic carbocycles. The predicted octanol–water partition coefficient (Wildman–Crippen LogP) is 4.32. The maximum absolute atomic E-state index is 12.9. The molecule has 0 saturated carbocycles. The van der Waals surface area contributed by atoms with Gasteiger partial charge in [-0.05, 0) is 29.7 Å². The third kappa shape index (κ3) is 6.40. The molecule has 3 aromatic rings. The average Bonchev–Trinajstić information content (AvgIpc) is 2.74. The second-order valence-corrected chi connectivity index (χ2v) is 9.83. The normalized spacial score (nSPS) is 12.5. The first kappa shape index (κ1) is 23.0. The van der Waals surface area contributed by atoms with Crippen LogP contribution in [0.2, 0.25) is 5.02 Å². The largest absolute Gasteiger partial charge is 0.344 e. The summed E-state index contributed by atoms with van der Waals surface area (Å²) in [5.41, 5.74) is 3.59. The smallest absolute Gasteiger partial charge is 0.236 e. The molecule has 162 valence electrons. The minimum Gasteiger partial charge on any atom is -0.344 e. The van der Waals surface area contributed by atoms with E-state index in [0.29, 0.717) is 10.6 Å². The van der Waals surface area contributed by atoms with Crippen LogP contribution >= 0.6 is 11.6 Å². The lowest BCUT2D eigenvalue weighted by Gasteiger charge is -2.24. The summed E-state index contributed by atoms with van der Waals surface area (Å²) < 4.78 is 25.8. The Kier molecular flexibility index (Phi) is 7.49. The highest BCUT2D eigenvalue weighted by atomic mass is 35.5. The van der Waals surface area contributed by atoms with Crippen molar-refractivity contribution in [2.45, 2.75) is 19.5 Å². The molecule has 0 spiro atoms. The number of carbonyl (C=O) groups excluding carboxylic acids is 1. The molecule has 0 aliphatic carbocycles. The van der Waals surface area contributed by atoms with E-state index in [4.69, 9.17) is 11.6 Å². The molecular formula is C24H25ClN2O3S. The minimum atomic E-state index is -3.63. The van der Waals surface area contributed by atoms with Gasteiger partial charge >= 0.3 is 0 Å². The molecule has 1 unspecified atom stereocenters. The molecule has 3 rings (SSSR count). The third-order valence-electron chi connectivity index (χ3n) is 4.94. The molecule has 0 saturated heterocycles. The van der Waals surface area contributed by atoms with Gasteiger partial charge in [-0.1, -0.05) is 90.0 Å². The van der Waals surface area contributed by atoms with Crippen molar-refractivity contribution >= 4 is 27.5 Å². The molecule has 5 nitrogen and oxygen atoms in total. The quantitative estimate of drug-likeness (QED) is 0.549. The van der Waals surface area contributed by atoms with E-state index in [1.165, 1.54) is 0 Å². The maximum atomic E-state index is 12.9. The Morgan fingerprint density at radius 3 is 2.13 bits per heavy atom. The van der Waals surface area contributed by atoms with Gasteiger partial charge in [0.2, 0.25) is 15.9 Å². The molecule has 0 radical (unpaired) electrons. The van der Waals surface area contributed by atoms with Gasteiger partial charge in [0.1, 0.15) is 0 Å². The van der Waals surface area contributed by atoms with Crippen LogP contribution in [0.15, 0.2) is 78.9 Å². The number of carbonyl (C=O) groups is 1. The zero-order valence-corrected chi connectivity index (χ0v) is 19.0. The van der Waals surface area contributed by atoms with Crippen LogP contribution in [0.3, 0.4) is 0 Å². The fourth-order valence-corrected chi connectivity index (χ4v) is 4.16. The van der Waals surface area contributed by atoms with Gasteiger partial charge in [0, 0.05) is 11.6 Å². The zero-order chi connectivity index (χ0) is 22.4. The summed E-state index contributed by atoms with van der Waals surface area (Å²) in [5, 5.41) is 3.45. The van der Waals surface area contributed by atoms with Crippen molar-refractivity contribution in [1.82, 2.24) is 9.62 Å². The fourth-order valence-electron chi connectivity index (χ4n) is 3.24. The van der Waals surface area contributed by atoms with E-state index < -0.39 is 22.0 Å². The summed E-state index contributed by atoms with van der Waals surface area (Å²) in [7, 11) is -3.63. The van der Waals surface area contributed by atoms with Crippen molar-refractivity contribution in [3.05, 3.63) is 106 Å². The maximum Gasteiger partial charge on any atom is 0.236 e. The first-order chi connectivity index (χ1) is 14.7. The Morgan fingerprint density at radius 2 is 1.52 bits per heavy atom.